The fraction of sp³-hybridized carbons (Fsp3) is 0. The number of carbonyl (C=O) groups excluding carboxylic acids is 1. The standard InChI is InChI=1S/C16H11ClFN3O3S/c17-12-4-3-6-14(15(12)18)25(23,24)21-9-7-11(10-21)20-16(22)13-5-1-2-8-19-13/h1-10H,(H,20,22). The van der Waals surface area contributed by atoms with E-state index in [0.717, 1.165) is 16.2 Å². The van der Waals surface area contributed by atoms with Gasteiger partial charge in [0.15, 0.2) is 5.82 Å². The number of pyridine rings is 1. The second-order valence-electron chi connectivity index (χ2n) is 4.96. The summed E-state index contributed by atoms with van der Waals surface area (Å²) >= 11 is 5.64. The molecule has 1 amide bonds. The number of nitrogens with zero attached hydrogens (tertiary/aromatic N) is 2. The molecule has 9 heteroatoms. The number of rotatable bonds is 4. The van der Waals surface area contributed by atoms with Crippen LogP contribution in [0.15, 0.2) is 66.0 Å². The van der Waals surface area contributed by atoms with Gasteiger partial charge >= 0.3 is 0 Å². The zero-order valence-electron chi connectivity index (χ0n) is 12.6. The molecule has 2 aromatic heterocycles. The van der Waals surface area contributed by atoms with Gasteiger partial charge in [0.2, 0.25) is 0 Å². The lowest BCUT2D eigenvalue weighted by Crippen LogP contribution is -2.14. The maximum absolute atomic E-state index is 14.0. The van der Waals surface area contributed by atoms with E-state index in [1.54, 1.807) is 12.1 Å². The molecule has 25 heavy (non-hydrogen) atoms. The van der Waals surface area contributed by atoms with Gasteiger partial charge in [-0.15, -0.1) is 0 Å². The number of halogens is 2. The van der Waals surface area contributed by atoms with Crippen molar-refractivity contribution in [1.82, 2.24) is 8.96 Å². The monoisotopic (exact) mass is 379 g/mol. The highest BCUT2D eigenvalue weighted by molar-refractivity contribution is 7.90. The Morgan fingerprint density at radius 1 is 1.16 bits per heavy atom. The second kappa shape index (κ2) is 6.66. The summed E-state index contributed by atoms with van der Waals surface area (Å²) in [7, 11) is -4.18. The van der Waals surface area contributed by atoms with E-state index in [1.165, 1.54) is 36.7 Å². The van der Waals surface area contributed by atoms with Crippen molar-refractivity contribution < 1.29 is 17.6 Å². The summed E-state index contributed by atoms with van der Waals surface area (Å²) in [6.45, 7) is 0. The van der Waals surface area contributed by atoms with Crippen LogP contribution in [0.2, 0.25) is 5.02 Å². The molecule has 0 spiro atoms. The molecule has 2 heterocycles. The summed E-state index contributed by atoms with van der Waals surface area (Å²) < 4.78 is 39.9. The average Bonchev–Trinajstić information content (AvgIpc) is 3.07. The Kier molecular flexibility index (Phi) is 4.56. The normalized spacial score (nSPS) is 11.3. The lowest BCUT2D eigenvalue weighted by Gasteiger charge is -2.07. The molecule has 128 valence electrons. The van der Waals surface area contributed by atoms with Gasteiger partial charge in [0.25, 0.3) is 15.9 Å². The third kappa shape index (κ3) is 3.40. The first-order chi connectivity index (χ1) is 11.9. The van der Waals surface area contributed by atoms with Crippen LogP contribution in [0.25, 0.3) is 0 Å². The van der Waals surface area contributed by atoms with Crippen molar-refractivity contribution in [3.63, 3.8) is 0 Å². The first-order valence-corrected chi connectivity index (χ1v) is 8.81. The van der Waals surface area contributed by atoms with Crippen LogP contribution < -0.4 is 5.32 Å². The van der Waals surface area contributed by atoms with Gasteiger partial charge in [0.05, 0.1) is 10.7 Å². The molecule has 0 atom stereocenters. The Balaban J connectivity index is 1.88. The maximum Gasteiger partial charge on any atom is 0.274 e. The first kappa shape index (κ1) is 17.1. The molecular weight excluding hydrogens is 369 g/mol. The van der Waals surface area contributed by atoms with E-state index < -0.39 is 26.6 Å². The Bertz CT molecular complexity index is 1040. The molecule has 0 aliphatic carbocycles. The van der Waals surface area contributed by atoms with E-state index >= 15 is 0 Å². The SMILES string of the molecule is O=C(Nc1ccn(S(=O)(=O)c2cccc(Cl)c2F)c1)c1ccccn1. The molecule has 0 saturated carbocycles. The summed E-state index contributed by atoms with van der Waals surface area (Å²) in [4.78, 5) is 15.4. The highest BCUT2D eigenvalue weighted by atomic mass is 35.5. The molecule has 3 rings (SSSR count). The van der Waals surface area contributed by atoms with Crippen LogP contribution in [-0.2, 0) is 10.0 Å². The van der Waals surface area contributed by atoms with Crippen molar-refractivity contribution in [2.45, 2.75) is 4.90 Å². The molecule has 0 aliphatic rings. The van der Waals surface area contributed by atoms with Gasteiger partial charge in [-0.25, -0.2) is 16.8 Å². The Labute approximate surface area is 147 Å². The predicted octanol–water partition coefficient (Wildman–Crippen LogP) is 3.16. The topological polar surface area (TPSA) is 81.1 Å². The van der Waals surface area contributed by atoms with Gasteiger partial charge in [0, 0.05) is 18.6 Å². The van der Waals surface area contributed by atoms with Gasteiger partial charge in [-0.2, -0.15) is 0 Å². The fourth-order valence-corrected chi connectivity index (χ4v) is 3.61. The zero-order chi connectivity index (χ0) is 18.0. The number of hydrogen-bond acceptors (Lipinski definition) is 4. The van der Waals surface area contributed by atoms with Crippen LogP contribution in [0.4, 0.5) is 10.1 Å². The largest absolute Gasteiger partial charge is 0.319 e. The average molecular weight is 380 g/mol. The van der Waals surface area contributed by atoms with Crippen molar-refractivity contribution in [3.8, 4) is 0 Å². The minimum Gasteiger partial charge on any atom is -0.319 e. The number of hydrogen-bond donors (Lipinski definition) is 1. The van der Waals surface area contributed by atoms with Crippen molar-refractivity contribution in [3.05, 3.63) is 77.6 Å². The van der Waals surface area contributed by atoms with Crippen LogP contribution in [0.3, 0.4) is 0 Å². The molecule has 1 N–H and O–H groups in total. The van der Waals surface area contributed by atoms with Crippen LogP contribution >= 0.6 is 11.6 Å². The first-order valence-electron chi connectivity index (χ1n) is 6.99. The lowest BCUT2D eigenvalue weighted by molar-refractivity contribution is 0.102. The Hall–Kier alpha value is -2.71. The summed E-state index contributed by atoms with van der Waals surface area (Å²) in [5.41, 5.74) is 0.403. The summed E-state index contributed by atoms with van der Waals surface area (Å²) in [5.74, 6) is -1.53. The third-order valence-electron chi connectivity index (χ3n) is 3.29. The minimum absolute atomic E-state index is 0.180. The number of carbonyl (C=O) groups is 1. The predicted molar refractivity (Wildman–Crippen MR) is 90.6 cm³/mol. The molecule has 0 saturated heterocycles. The van der Waals surface area contributed by atoms with E-state index in [2.05, 4.69) is 10.3 Å². The van der Waals surface area contributed by atoms with Gasteiger partial charge in [-0.3, -0.25) is 9.78 Å². The third-order valence-corrected chi connectivity index (χ3v) is 5.24. The molecule has 6 nitrogen and oxygen atoms in total. The molecule has 1 aromatic carbocycles. The van der Waals surface area contributed by atoms with Crippen LogP contribution in [-0.4, -0.2) is 23.3 Å². The Morgan fingerprint density at radius 2 is 1.96 bits per heavy atom. The lowest BCUT2D eigenvalue weighted by atomic mass is 10.3. The van der Waals surface area contributed by atoms with Crippen molar-refractivity contribution >= 4 is 33.2 Å². The molecule has 0 fully saturated rings. The van der Waals surface area contributed by atoms with E-state index in [4.69, 9.17) is 11.6 Å². The maximum atomic E-state index is 14.0. The minimum atomic E-state index is -4.18. The quantitative estimate of drug-likeness (QED) is 0.755. The van der Waals surface area contributed by atoms with E-state index in [0.29, 0.717) is 0 Å². The molecule has 0 aliphatic heterocycles. The molecule has 0 radical (unpaired) electrons. The van der Waals surface area contributed by atoms with Crippen molar-refractivity contribution in [2.75, 3.05) is 5.32 Å². The fourth-order valence-electron chi connectivity index (χ4n) is 2.09. The molecule has 3 aromatic rings. The Morgan fingerprint density at radius 3 is 2.68 bits per heavy atom. The van der Waals surface area contributed by atoms with E-state index in [9.17, 15) is 17.6 Å². The number of nitrogens with one attached hydrogen (secondary N) is 1. The summed E-state index contributed by atoms with van der Waals surface area (Å²) in [6.07, 6.45) is 3.83. The second-order valence-corrected chi connectivity index (χ2v) is 7.17. The number of aromatic nitrogens is 2. The van der Waals surface area contributed by atoms with Gasteiger partial charge in [-0.1, -0.05) is 23.7 Å². The molecular formula is C16H11ClFN3O3S. The molecule has 0 bridgehead atoms. The summed E-state index contributed by atoms with van der Waals surface area (Å²) in [6, 6.07) is 9.92. The smallest absolute Gasteiger partial charge is 0.274 e. The number of amides is 1. The number of anilines is 1. The zero-order valence-corrected chi connectivity index (χ0v) is 14.1. The van der Waals surface area contributed by atoms with E-state index in [1.807, 2.05) is 0 Å². The van der Waals surface area contributed by atoms with Gasteiger partial charge < -0.3 is 5.32 Å². The van der Waals surface area contributed by atoms with Crippen molar-refractivity contribution in [2.24, 2.45) is 0 Å². The van der Waals surface area contributed by atoms with Crippen LogP contribution in [0, 0.1) is 5.82 Å². The van der Waals surface area contributed by atoms with Gasteiger partial charge in [-0.05, 0) is 30.3 Å². The highest BCUT2D eigenvalue weighted by Crippen LogP contribution is 2.25. The molecule has 0 unspecified atom stereocenters. The van der Waals surface area contributed by atoms with Crippen molar-refractivity contribution in [1.29, 1.82) is 0 Å². The summed E-state index contributed by atoms with van der Waals surface area (Å²) in [5, 5.41) is 2.23. The number of benzene rings is 1. The van der Waals surface area contributed by atoms with Crippen LogP contribution in [0.5, 0.6) is 0 Å². The highest BCUT2D eigenvalue weighted by Gasteiger charge is 2.23. The van der Waals surface area contributed by atoms with Gasteiger partial charge in [0.1, 0.15) is 10.6 Å². The van der Waals surface area contributed by atoms with Crippen LogP contribution in [0.1, 0.15) is 10.5 Å². The van der Waals surface area contributed by atoms with E-state index in [-0.39, 0.29) is 16.4 Å².